The van der Waals surface area contributed by atoms with Crippen LogP contribution in [-0.2, 0) is 19.4 Å². The van der Waals surface area contributed by atoms with E-state index in [-0.39, 0.29) is 24.0 Å². The maximum absolute atomic E-state index is 5.98. The van der Waals surface area contributed by atoms with Crippen LogP contribution in [0.5, 0.6) is 0 Å². The Labute approximate surface area is 200 Å². The molecule has 6 nitrogen and oxygen atoms in total. The number of benzene rings is 1. The number of hydrogen-bond acceptors (Lipinski definition) is 6. The Morgan fingerprint density at radius 2 is 2.00 bits per heavy atom. The fourth-order valence-corrected chi connectivity index (χ4v) is 4.66. The van der Waals surface area contributed by atoms with E-state index >= 15 is 0 Å². The highest BCUT2D eigenvalue weighted by molar-refractivity contribution is 14.0. The van der Waals surface area contributed by atoms with Gasteiger partial charge in [-0.3, -0.25) is 4.99 Å². The number of nitrogens with one attached hydrogen (secondary N) is 2. The number of aliphatic imine (C=N–C) groups is 1. The molecule has 0 aliphatic carbocycles. The first-order valence-corrected chi connectivity index (χ1v) is 11.2. The van der Waals surface area contributed by atoms with Crippen LogP contribution in [0.2, 0.25) is 0 Å². The number of guanidine groups is 1. The van der Waals surface area contributed by atoms with Crippen molar-refractivity contribution in [3.05, 3.63) is 58.2 Å². The molecule has 0 saturated heterocycles. The quantitative estimate of drug-likeness (QED) is 0.189. The molecule has 0 unspecified atom stereocenters. The molecule has 30 heavy (non-hydrogen) atoms. The van der Waals surface area contributed by atoms with Crippen molar-refractivity contribution in [3.63, 3.8) is 0 Å². The molecule has 0 amide bonds. The van der Waals surface area contributed by atoms with Crippen molar-refractivity contribution in [1.82, 2.24) is 20.6 Å². The lowest BCUT2D eigenvalue weighted by atomic mass is 10.3. The van der Waals surface area contributed by atoms with Crippen LogP contribution in [-0.4, -0.2) is 29.5 Å². The van der Waals surface area contributed by atoms with Gasteiger partial charge in [0.2, 0.25) is 0 Å². The number of nitrogens with zero attached hydrogens (tertiary/aromatic N) is 3. The Morgan fingerprint density at radius 3 is 2.77 bits per heavy atom. The molecule has 3 heterocycles. The van der Waals surface area contributed by atoms with Crippen LogP contribution in [0.4, 0.5) is 0 Å². The topological polar surface area (TPSA) is 75.3 Å². The van der Waals surface area contributed by atoms with Crippen molar-refractivity contribution >= 4 is 62.8 Å². The van der Waals surface area contributed by atoms with Gasteiger partial charge in [-0.05, 0) is 30.7 Å². The molecule has 0 spiro atoms. The normalized spacial score (nSPS) is 11.5. The van der Waals surface area contributed by atoms with E-state index in [1.807, 2.05) is 36.5 Å². The number of furan rings is 1. The maximum Gasteiger partial charge on any atom is 0.191 e. The number of thiazole rings is 2. The molecule has 0 saturated carbocycles. The van der Waals surface area contributed by atoms with E-state index in [4.69, 9.17) is 4.42 Å². The second-order valence-electron chi connectivity index (χ2n) is 6.43. The average molecular weight is 553 g/mol. The lowest BCUT2D eigenvalue weighted by Crippen LogP contribution is -2.37. The van der Waals surface area contributed by atoms with E-state index in [2.05, 4.69) is 38.6 Å². The molecule has 158 valence electrons. The molecule has 0 aliphatic heterocycles. The monoisotopic (exact) mass is 553 g/mol. The summed E-state index contributed by atoms with van der Waals surface area (Å²) in [6.45, 7) is 3.49. The van der Waals surface area contributed by atoms with Gasteiger partial charge in [0.05, 0.1) is 21.8 Å². The molecule has 0 radical (unpaired) electrons. The number of halogens is 1. The molecular weight excluding hydrogens is 529 g/mol. The first-order valence-electron chi connectivity index (χ1n) is 9.58. The predicted molar refractivity (Wildman–Crippen MR) is 136 cm³/mol. The van der Waals surface area contributed by atoms with Gasteiger partial charge in [0.15, 0.2) is 16.7 Å². The van der Waals surface area contributed by atoms with Gasteiger partial charge in [0.1, 0.15) is 5.76 Å². The summed E-state index contributed by atoms with van der Waals surface area (Å²) in [5.41, 5.74) is 1.000. The van der Waals surface area contributed by atoms with E-state index in [0.29, 0.717) is 6.54 Å². The van der Waals surface area contributed by atoms with Gasteiger partial charge in [0, 0.05) is 31.1 Å². The van der Waals surface area contributed by atoms with E-state index in [9.17, 15) is 0 Å². The van der Waals surface area contributed by atoms with Gasteiger partial charge in [0.25, 0.3) is 0 Å². The van der Waals surface area contributed by atoms with Crippen molar-refractivity contribution in [2.45, 2.75) is 26.3 Å². The zero-order chi connectivity index (χ0) is 20.1. The average Bonchev–Trinajstić information content (AvgIpc) is 3.49. The van der Waals surface area contributed by atoms with Crippen LogP contribution >= 0.6 is 46.7 Å². The summed E-state index contributed by atoms with van der Waals surface area (Å²) < 4.78 is 7.14. The highest BCUT2D eigenvalue weighted by atomic mass is 127. The number of fused-ring (bicyclic) bond motifs is 1. The van der Waals surface area contributed by atoms with Crippen molar-refractivity contribution in [1.29, 1.82) is 0 Å². The molecule has 0 fully saturated rings. The third-order valence-electron chi connectivity index (χ3n) is 4.40. The summed E-state index contributed by atoms with van der Waals surface area (Å²) in [6, 6.07) is 12.1. The Morgan fingerprint density at radius 1 is 1.13 bits per heavy atom. The summed E-state index contributed by atoms with van der Waals surface area (Å²) in [7, 11) is 1.77. The van der Waals surface area contributed by atoms with Crippen LogP contribution in [0, 0.1) is 0 Å². The van der Waals surface area contributed by atoms with Gasteiger partial charge in [-0.15, -0.1) is 46.7 Å². The maximum atomic E-state index is 5.98. The molecular formula is C21H24IN5OS2. The van der Waals surface area contributed by atoms with Gasteiger partial charge < -0.3 is 15.1 Å². The van der Waals surface area contributed by atoms with Crippen LogP contribution in [0.3, 0.4) is 0 Å². The minimum atomic E-state index is 0. The van der Waals surface area contributed by atoms with Crippen LogP contribution in [0.25, 0.3) is 21.0 Å². The van der Waals surface area contributed by atoms with E-state index in [1.165, 1.54) is 4.88 Å². The zero-order valence-corrected chi connectivity index (χ0v) is 20.8. The third kappa shape index (κ3) is 5.58. The molecule has 9 heteroatoms. The lowest BCUT2D eigenvalue weighted by Gasteiger charge is -2.10. The van der Waals surface area contributed by atoms with Crippen LogP contribution in [0.15, 0.2) is 52.0 Å². The number of aromatic nitrogens is 2. The Hall–Kier alpha value is -1.98. The van der Waals surface area contributed by atoms with Gasteiger partial charge in [-0.2, -0.15) is 0 Å². The smallest absolute Gasteiger partial charge is 0.191 e. The molecule has 2 N–H and O–H groups in total. The van der Waals surface area contributed by atoms with Crippen LogP contribution in [0.1, 0.15) is 22.6 Å². The Balaban J connectivity index is 0.00000256. The summed E-state index contributed by atoms with van der Waals surface area (Å²) in [4.78, 5) is 14.7. The Kier molecular flexibility index (Phi) is 8.23. The second kappa shape index (κ2) is 10.9. The Bertz CT molecular complexity index is 1080. The van der Waals surface area contributed by atoms with Crippen molar-refractivity contribution in [3.8, 4) is 10.8 Å². The number of aryl methyl sites for hydroxylation is 1. The van der Waals surface area contributed by atoms with E-state index < -0.39 is 0 Å². The molecule has 0 atom stereocenters. The number of rotatable bonds is 7. The summed E-state index contributed by atoms with van der Waals surface area (Å²) in [5, 5.41) is 8.66. The number of para-hydroxylation sites is 1. The lowest BCUT2D eigenvalue weighted by molar-refractivity contribution is 0.513. The van der Waals surface area contributed by atoms with Gasteiger partial charge >= 0.3 is 0 Å². The standard InChI is InChI=1S/C21H23N5OS2.HI/c1-3-15-13-24-19(28-15)10-11-23-21(22-2)25-12-14-8-9-17(27-14)20-26-16-6-4-5-7-18(16)29-20;/h4-9,13H,3,10-12H2,1-2H3,(H2,22,23,25);1H. The van der Waals surface area contributed by atoms with Crippen molar-refractivity contribution in [2.24, 2.45) is 4.99 Å². The molecule has 0 aliphatic rings. The van der Waals surface area contributed by atoms with Gasteiger partial charge in [-0.25, -0.2) is 9.97 Å². The minimum Gasteiger partial charge on any atom is -0.457 e. The van der Waals surface area contributed by atoms with Crippen molar-refractivity contribution < 1.29 is 4.42 Å². The zero-order valence-electron chi connectivity index (χ0n) is 16.8. The molecule has 4 aromatic rings. The van der Waals surface area contributed by atoms with Gasteiger partial charge in [-0.1, -0.05) is 19.1 Å². The SMILES string of the molecule is CCc1cnc(CCNC(=NC)NCc2ccc(-c3nc4ccccc4s3)o2)s1.I. The second-order valence-corrected chi connectivity index (χ2v) is 8.66. The molecule has 4 rings (SSSR count). The van der Waals surface area contributed by atoms with Crippen LogP contribution < -0.4 is 10.6 Å². The summed E-state index contributed by atoms with van der Waals surface area (Å²) in [5.74, 6) is 2.38. The summed E-state index contributed by atoms with van der Waals surface area (Å²) >= 11 is 3.41. The van der Waals surface area contributed by atoms with E-state index in [1.54, 1.807) is 29.7 Å². The highest BCUT2D eigenvalue weighted by Crippen LogP contribution is 2.31. The first-order chi connectivity index (χ1) is 14.2. The number of hydrogen-bond donors (Lipinski definition) is 2. The molecule has 1 aromatic carbocycles. The largest absolute Gasteiger partial charge is 0.457 e. The minimum absolute atomic E-state index is 0. The van der Waals surface area contributed by atoms with E-state index in [0.717, 1.165) is 57.1 Å². The predicted octanol–water partition coefficient (Wildman–Crippen LogP) is 5.10. The molecule has 3 aromatic heterocycles. The van der Waals surface area contributed by atoms with Crippen molar-refractivity contribution in [2.75, 3.05) is 13.6 Å². The highest BCUT2D eigenvalue weighted by Gasteiger charge is 2.11. The molecule has 0 bridgehead atoms. The fraction of sp³-hybridized carbons (Fsp3) is 0.286. The fourth-order valence-electron chi connectivity index (χ4n) is 2.87. The summed E-state index contributed by atoms with van der Waals surface area (Å²) in [6.07, 6.45) is 3.89. The third-order valence-corrected chi connectivity index (χ3v) is 6.65. The first kappa shape index (κ1) is 22.7.